The largest absolute Gasteiger partial charge is 0.481 e. The second-order valence-electron chi connectivity index (χ2n) is 5.04. The molecule has 0 radical (unpaired) electrons. The van der Waals surface area contributed by atoms with Gasteiger partial charge in [-0.3, -0.25) is 4.79 Å². The zero-order valence-corrected chi connectivity index (χ0v) is 12.5. The van der Waals surface area contributed by atoms with Crippen LogP contribution in [-0.4, -0.2) is 18.6 Å². The van der Waals surface area contributed by atoms with Crippen LogP contribution in [0.5, 0.6) is 5.75 Å². The number of carbonyl (C=O) groups is 1. The van der Waals surface area contributed by atoms with Gasteiger partial charge < -0.3 is 10.1 Å². The maximum Gasteiger partial charge on any atom is 0.261 e. The zero-order chi connectivity index (χ0) is 14.4. The third kappa shape index (κ3) is 4.57. The molecule has 20 heavy (non-hydrogen) atoms. The Kier molecular flexibility index (Phi) is 5.48. The lowest BCUT2D eigenvalue weighted by molar-refractivity contribution is -0.127. The zero-order valence-electron chi connectivity index (χ0n) is 11.7. The first-order valence-electron chi connectivity index (χ1n) is 7.03. The number of hydrogen-bond donors (Lipinski definition) is 1. The molecule has 1 atom stereocenters. The van der Waals surface area contributed by atoms with E-state index in [1.54, 1.807) is 31.2 Å². The molecule has 3 nitrogen and oxygen atoms in total. The molecule has 108 valence electrons. The van der Waals surface area contributed by atoms with Crippen LogP contribution in [0.15, 0.2) is 35.9 Å². The van der Waals surface area contributed by atoms with Crippen LogP contribution in [0.25, 0.3) is 0 Å². The lowest BCUT2D eigenvalue weighted by atomic mass is 10.00. The Bertz CT molecular complexity index is 499. The van der Waals surface area contributed by atoms with Gasteiger partial charge in [0.05, 0.1) is 0 Å². The summed E-state index contributed by atoms with van der Waals surface area (Å²) in [7, 11) is 0. The lowest BCUT2D eigenvalue weighted by Crippen LogP contribution is -2.37. The molecule has 0 unspecified atom stereocenters. The monoisotopic (exact) mass is 293 g/mol. The minimum absolute atomic E-state index is 0.101. The minimum atomic E-state index is -0.530. The maximum absolute atomic E-state index is 12.0. The van der Waals surface area contributed by atoms with Crippen molar-refractivity contribution in [1.82, 2.24) is 5.32 Å². The van der Waals surface area contributed by atoms with E-state index < -0.39 is 6.10 Å². The van der Waals surface area contributed by atoms with E-state index in [9.17, 15) is 4.79 Å². The quantitative estimate of drug-likeness (QED) is 0.840. The van der Waals surface area contributed by atoms with Crippen molar-refractivity contribution < 1.29 is 9.53 Å². The van der Waals surface area contributed by atoms with Crippen molar-refractivity contribution in [3.63, 3.8) is 0 Å². The van der Waals surface area contributed by atoms with E-state index in [0.717, 1.165) is 12.8 Å². The van der Waals surface area contributed by atoms with Gasteiger partial charge in [0.1, 0.15) is 5.75 Å². The van der Waals surface area contributed by atoms with E-state index in [4.69, 9.17) is 16.3 Å². The van der Waals surface area contributed by atoms with Crippen LogP contribution in [0.2, 0.25) is 5.02 Å². The molecule has 4 heteroatoms. The van der Waals surface area contributed by atoms with Crippen LogP contribution in [0.4, 0.5) is 0 Å². The first kappa shape index (κ1) is 14.9. The number of halogens is 1. The third-order valence-corrected chi connectivity index (χ3v) is 3.59. The van der Waals surface area contributed by atoms with Crippen molar-refractivity contribution in [2.75, 3.05) is 6.54 Å². The number of amides is 1. The number of allylic oxidation sites excluding steroid dienone is 1. The summed E-state index contributed by atoms with van der Waals surface area (Å²) in [4.78, 5) is 12.0. The molecule has 0 heterocycles. The first-order chi connectivity index (χ1) is 9.65. The Hall–Kier alpha value is -1.48. The highest BCUT2D eigenvalue weighted by Gasteiger charge is 2.15. The summed E-state index contributed by atoms with van der Waals surface area (Å²) >= 11 is 5.88. The van der Waals surface area contributed by atoms with Gasteiger partial charge >= 0.3 is 0 Å². The molecule has 0 fully saturated rings. The molecule has 0 saturated carbocycles. The molecule has 1 aromatic carbocycles. The van der Waals surface area contributed by atoms with Crippen LogP contribution in [0.3, 0.4) is 0 Å². The van der Waals surface area contributed by atoms with E-state index in [1.807, 2.05) is 0 Å². The van der Waals surface area contributed by atoms with Crippen molar-refractivity contribution in [2.45, 2.75) is 38.7 Å². The summed E-state index contributed by atoms with van der Waals surface area (Å²) in [6.07, 6.45) is 6.38. The first-order valence-corrected chi connectivity index (χ1v) is 7.41. The molecule has 1 aliphatic rings. The number of ether oxygens (including phenoxy) is 1. The van der Waals surface area contributed by atoms with Crippen LogP contribution < -0.4 is 10.1 Å². The summed E-state index contributed by atoms with van der Waals surface area (Å²) in [5, 5.41) is 3.52. The minimum Gasteiger partial charge on any atom is -0.481 e. The standard InChI is InChI=1S/C16H20ClNO2/c1-12(20-15-9-5-8-14(17)10-15)16(19)18-11-13-6-3-2-4-7-13/h5-6,8-10,12H,2-4,7,11H2,1H3,(H,18,19)/t12-/m0/s1. The van der Waals surface area contributed by atoms with Gasteiger partial charge in [-0.25, -0.2) is 0 Å². The predicted octanol–water partition coefficient (Wildman–Crippen LogP) is 3.72. The average Bonchev–Trinajstić information content (AvgIpc) is 2.46. The molecule has 0 aromatic heterocycles. The highest BCUT2D eigenvalue weighted by atomic mass is 35.5. The van der Waals surface area contributed by atoms with Crippen molar-refractivity contribution in [2.24, 2.45) is 0 Å². The molecule has 1 aliphatic carbocycles. The second kappa shape index (κ2) is 7.34. The summed E-state index contributed by atoms with van der Waals surface area (Å²) in [5.74, 6) is 0.508. The maximum atomic E-state index is 12.0. The fourth-order valence-corrected chi connectivity index (χ4v) is 2.39. The topological polar surface area (TPSA) is 38.3 Å². The fourth-order valence-electron chi connectivity index (χ4n) is 2.21. The number of hydrogen-bond acceptors (Lipinski definition) is 2. The molecule has 0 bridgehead atoms. The Balaban J connectivity index is 1.81. The predicted molar refractivity (Wildman–Crippen MR) is 81.1 cm³/mol. The Morgan fingerprint density at radius 3 is 3.00 bits per heavy atom. The molecule has 1 aromatic rings. The van der Waals surface area contributed by atoms with Gasteiger partial charge in [-0.1, -0.05) is 29.3 Å². The van der Waals surface area contributed by atoms with Gasteiger partial charge in [-0.15, -0.1) is 0 Å². The number of carbonyl (C=O) groups excluding carboxylic acids is 1. The Morgan fingerprint density at radius 1 is 1.45 bits per heavy atom. The van der Waals surface area contributed by atoms with Crippen molar-refractivity contribution in [1.29, 1.82) is 0 Å². The van der Waals surface area contributed by atoms with Crippen LogP contribution in [0, 0.1) is 0 Å². The van der Waals surface area contributed by atoms with E-state index in [0.29, 0.717) is 17.3 Å². The fraction of sp³-hybridized carbons (Fsp3) is 0.438. The number of benzene rings is 1. The molecular weight excluding hydrogens is 274 g/mol. The summed E-state index contributed by atoms with van der Waals surface area (Å²) in [5.41, 5.74) is 1.32. The van der Waals surface area contributed by atoms with E-state index >= 15 is 0 Å². The van der Waals surface area contributed by atoms with E-state index in [2.05, 4.69) is 11.4 Å². The van der Waals surface area contributed by atoms with Gasteiger partial charge in [0.15, 0.2) is 6.10 Å². The molecular formula is C16H20ClNO2. The smallest absolute Gasteiger partial charge is 0.261 e. The highest BCUT2D eigenvalue weighted by molar-refractivity contribution is 6.30. The molecule has 2 rings (SSSR count). The van der Waals surface area contributed by atoms with Gasteiger partial charge in [0.2, 0.25) is 0 Å². The van der Waals surface area contributed by atoms with Gasteiger partial charge in [-0.2, -0.15) is 0 Å². The SMILES string of the molecule is C[C@H](Oc1cccc(Cl)c1)C(=O)NCC1=CCCCC1. The van der Waals surface area contributed by atoms with Gasteiger partial charge in [0, 0.05) is 11.6 Å². The van der Waals surface area contributed by atoms with Crippen LogP contribution in [-0.2, 0) is 4.79 Å². The lowest BCUT2D eigenvalue weighted by Gasteiger charge is -2.17. The molecule has 0 saturated heterocycles. The van der Waals surface area contributed by atoms with E-state index in [-0.39, 0.29) is 5.91 Å². The van der Waals surface area contributed by atoms with Crippen molar-refractivity contribution in [3.05, 3.63) is 40.9 Å². The normalized spacial score (nSPS) is 16.2. The molecule has 0 aliphatic heterocycles. The molecule has 0 spiro atoms. The van der Waals surface area contributed by atoms with E-state index in [1.165, 1.54) is 18.4 Å². The van der Waals surface area contributed by atoms with Crippen molar-refractivity contribution in [3.8, 4) is 5.75 Å². The van der Waals surface area contributed by atoms with Gasteiger partial charge in [0.25, 0.3) is 5.91 Å². The number of rotatable bonds is 5. The Morgan fingerprint density at radius 2 is 2.30 bits per heavy atom. The summed E-state index contributed by atoms with van der Waals surface area (Å²) < 4.78 is 5.58. The summed E-state index contributed by atoms with van der Waals surface area (Å²) in [6.45, 7) is 2.37. The molecule has 1 amide bonds. The summed E-state index contributed by atoms with van der Waals surface area (Å²) in [6, 6.07) is 7.07. The highest BCUT2D eigenvalue weighted by Crippen LogP contribution is 2.19. The van der Waals surface area contributed by atoms with Gasteiger partial charge in [-0.05, 0) is 50.8 Å². The second-order valence-corrected chi connectivity index (χ2v) is 5.48. The molecule has 1 N–H and O–H groups in total. The van der Waals surface area contributed by atoms with Crippen LogP contribution in [0.1, 0.15) is 32.6 Å². The third-order valence-electron chi connectivity index (χ3n) is 3.35. The average molecular weight is 294 g/mol. The van der Waals surface area contributed by atoms with Crippen LogP contribution >= 0.6 is 11.6 Å². The Labute approximate surface area is 125 Å². The number of nitrogens with one attached hydrogen (secondary N) is 1. The van der Waals surface area contributed by atoms with Crippen molar-refractivity contribution >= 4 is 17.5 Å².